The van der Waals surface area contributed by atoms with Gasteiger partial charge >= 0.3 is 0 Å². The molecule has 1 aromatic carbocycles. The van der Waals surface area contributed by atoms with Crippen LogP contribution >= 0.6 is 0 Å². The van der Waals surface area contributed by atoms with Crippen molar-refractivity contribution in [3.8, 4) is 17.0 Å². The van der Waals surface area contributed by atoms with E-state index in [4.69, 9.17) is 16.3 Å². The number of anilines is 1. The van der Waals surface area contributed by atoms with Gasteiger partial charge in [0.2, 0.25) is 5.95 Å². The molecule has 1 aromatic heterocycles. The number of carbonyl (C=O) groups is 1. The van der Waals surface area contributed by atoms with Crippen molar-refractivity contribution in [1.82, 2.24) is 15.4 Å². The highest BCUT2D eigenvalue weighted by molar-refractivity contribution is 5.93. The van der Waals surface area contributed by atoms with Crippen LogP contribution in [0, 0.1) is 5.92 Å². The highest BCUT2D eigenvalue weighted by atomic mass is 16.5. The van der Waals surface area contributed by atoms with Gasteiger partial charge in [-0.05, 0) is 36.2 Å². The number of hydrazine groups is 1. The summed E-state index contributed by atoms with van der Waals surface area (Å²) in [5, 5.41) is 0. The molecule has 0 aliphatic carbocycles. The quantitative estimate of drug-likeness (QED) is 0.436. The first-order chi connectivity index (χ1) is 10.5. The summed E-state index contributed by atoms with van der Waals surface area (Å²) in [6, 6.07) is 8.92. The van der Waals surface area contributed by atoms with Gasteiger partial charge in [-0.15, -0.1) is 0 Å². The monoisotopic (exact) mass is 301 g/mol. The standard InChI is InChI=1S/C15H19N5O2/c1-9(2)8-22-11-5-3-10(4-6-11)12-7-13(14(21)20-17)19-15(16)18-12/h3-7,9H,8,17H2,1-2H3,(H,20,21)(H2,16,18,19). The summed E-state index contributed by atoms with van der Waals surface area (Å²) < 4.78 is 5.62. The van der Waals surface area contributed by atoms with E-state index < -0.39 is 5.91 Å². The van der Waals surface area contributed by atoms with Crippen molar-refractivity contribution in [2.24, 2.45) is 11.8 Å². The van der Waals surface area contributed by atoms with Gasteiger partial charge in [-0.25, -0.2) is 15.8 Å². The third-order valence-corrected chi connectivity index (χ3v) is 2.84. The van der Waals surface area contributed by atoms with Gasteiger partial charge in [0.1, 0.15) is 11.4 Å². The number of carbonyl (C=O) groups excluding carboxylic acids is 1. The average molecular weight is 301 g/mol. The lowest BCUT2D eigenvalue weighted by Crippen LogP contribution is -2.31. The van der Waals surface area contributed by atoms with Crippen LogP contribution in [0.15, 0.2) is 30.3 Å². The van der Waals surface area contributed by atoms with E-state index in [0.717, 1.165) is 11.3 Å². The van der Waals surface area contributed by atoms with Gasteiger partial charge < -0.3 is 10.5 Å². The fraction of sp³-hybridized carbons (Fsp3) is 0.267. The Morgan fingerprint density at radius 2 is 1.95 bits per heavy atom. The highest BCUT2D eigenvalue weighted by Gasteiger charge is 2.11. The molecule has 0 saturated heterocycles. The lowest BCUT2D eigenvalue weighted by Gasteiger charge is -2.09. The molecule has 22 heavy (non-hydrogen) atoms. The molecule has 0 bridgehead atoms. The number of ether oxygens (including phenoxy) is 1. The maximum Gasteiger partial charge on any atom is 0.283 e. The molecule has 0 spiro atoms. The normalized spacial score (nSPS) is 10.5. The number of hydrogen-bond donors (Lipinski definition) is 3. The molecular weight excluding hydrogens is 282 g/mol. The van der Waals surface area contributed by atoms with Crippen molar-refractivity contribution in [3.63, 3.8) is 0 Å². The predicted molar refractivity (Wildman–Crippen MR) is 83.9 cm³/mol. The second kappa shape index (κ2) is 6.86. The molecule has 2 aromatic rings. The number of nitrogens with zero attached hydrogens (tertiary/aromatic N) is 2. The number of nitrogen functional groups attached to an aromatic ring is 2. The third kappa shape index (κ3) is 3.92. The Kier molecular flexibility index (Phi) is 4.90. The molecule has 7 heteroatoms. The number of aromatic nitrogens is 2. The first kappa shape index (κ1) is 15.7. The topological polar surface area (TPSA) is 116 Å². The van der Waals surface area contributed by atoms with E-state index in [-0.39, 0.29) is 11.6 Å². The molecule has 5 N–H and O–H groups in total. The molecule has 2 rings (SSSR count). The molecule has 116 valence electrons. The summed E-state index contributed by atoms with van der Waals surface area (Å²) in [6.45, 7) is 4.82. The maximum atomic E-state index is 11.6. The minimum atomic E-state index is -0.521. The summed E-state index contributed by atoms with van der Waals surface area (Å²) in [5.74, 6) is 5.83. The van der Waals surface area contributed by atoms with Crippen molar-refractivity contribution in [1.29, 1.82) is 0 Å². The first-order valence-electron chi connectivity index (χ1n) is 6.88. The molecule has 0 atom stereocenters. The second-order valence-corrected chi connectivity index (χ2v) is 5.20. The Labute approximate surface area is 128 Å². The summed E-state index contributed by atoms with van der Waals surface area (Å²) in [6.07, 6.45) is 0. The van der Waals surface area contributed by atoms with Gasteiger partial charge in [0.25, 0.3) is 5.91 Å². The average Bonchev–Trinajstić information content (AvgIpc) is 2.52. The molecular formula is C15H19N5O2. The summed E-state index contributed by atoms with van der Waals surface area (Å²) in [5.41, 5.74) is 9.11. The van der Waals surface area contributed by atoms with E-state index in [0.29, 0.717) is 18.2 Å². The fourth-order valence-corrected chi connectivity index (χ4v) is 1.79. The Morgan fingerprint density at radius 1 is 1.27 bits per heavy atom. The number of benzene rings is 1. The van der Waals surface area contributed by atoms with Gasteiger partial charge in [0, 0.05) is 5.56 Å². The van der Waals surface area contributed by atoms with Crippen LogP contribution in [0.1, 0.15) is 24.3 Å². The Balaban J connectivity index is 2.24. The zero-order valence-corrected chi connectivity index (χ0v) is 12.5. The van der Waals surface area contributed by atoms with E-state index in [1.165, 1.54) is 6.07 Å². The summed E-state index contributed by atoms with van der Waals surface area (Å²) in [4.78, 5) is 19.5. The van der Waals surface area contributed by atoms with Crippen LogP contribution in [-0.2, 0) is 0 Å². The van der Waals surface area contributed by atoms with Gasteiger partial charge in [-0.2, -0.15) is 0 Å². The Morgan fingerprint density at radius 3 is 2.55 bits per heavy atom. The fourth-order valence-electron chi connectivity index (χ4n) is 1.79. The van der Waals surface area contributed by atoms with Gasteiger partial charge in [0.15, 0.2) is 0 Å². The van der Waals surface area contributed by atoms with Gasteiger partial charge in [-0.3, -0.25) is 10.2 Å². The summed E-state index contributed by atoms with van der Waals surface area (Å²) in [7, 11) is 0. The van der Waals surface area contributed by atoms with Crippen LogP contribution in [0.4, 0.5) is 5.95 Å². The molecule has 0 aliphatic rings. The van der Waals surface area contributed by atoms with Crippen LogP contribution in [0.25, 0.3) is 11.3 Å². The minimum Gasteiger partial charge on any atom is -0.493 e. The highest BCUT2D eigenvalue weighted by Crippen LogP contribution is 2.22. The Bertz CT molecular complexity index is 655. The van der Waals surface area contributed by atoms with E-state index in [1.807, 2.05) is 29.7 Å². The third-order valence-electron chi connectivity index (χ3n) is 2.84. The maximum absolute atomic E-state index is 11.6. The number of nitrogens with two attached hydrogens (primary N) is 2. The number of amides is 1. The second-order valence-electron chi connectivity index (χ2n) is 5.20. The first-order valence-corrected chi connectivity index (χ1v) is 6.88. The van der Waals surface area contributed by atoms with E-state index in [9.17, 15) is 4.79 Å². The predicted octanol–water partition coefficient (Wildman–Crippen LogP) is 1.36. The van der Waals surface area contributed by atoms with Crippen LogP contribution in [-0.4, -0.2) is 22.5 Å². The Hall–Kier alpha value is -2.67. The molecule has 0 unspecified atom stereocenters. The number of hydrogen-bond acceptors (Lipinski definition) is 6. The van der Waals surface area contributed by atoms with E-state index in [1.54, 1.807) is 0 Å². The van der Waals surface area contributed by atoms with Crippen LogP contribution in [0.3, 0.4) is 0 Å². The molecule has 0 aliphatic heterocycles. The minimum absolute atomic E-state index is 0.0104. The van der Waals surface area contributed by atoms with Crippen molar-refractivity contribution in [3.05, 3.63) is 36.0 Å². The zero-order valence-electron chi connectivity index (χ0n) is 12.5. The molecule has 7 nitrogen and oxygen atoms in total. The van der Waals surface area contributed by atoms with Crippen molar-refractivity contribution in [2.45, 2.75) is 13.8 Å². The molecule has 0 fully saturated rings. The largest absolute Gasteiger partial charge is 0.493 e. The van der Waals surface area contributed by atoms with Gasteiger partial charge in [0.05, 0.1) is 12.3 Å². The van der Waals surface area contributed by atoms with Crippen LogP contribution in [0.2, 0.25) is 0 Å². The number of rotatable bonds is 5. The molecule has 1 heterocycles. The number of nitrogens with one attached hydrogen (secondary N) is 1. The lowest BCUT2D eigenvalue weighted by atomic mass is 10.1. The van der Waals surface area contributed by atoms with Crippen molar-refractivity contribution < 1.29 is 9.53 Å². The lowest BCUT2D eigenvalue weighted by molar-refractivity contribution is 0.0948. The zero-order chi connectivity index (χ0) is 16.1. The van der Waals surface area contributed by atoms with Crippen molar-refractivity contribution >= 4 is 11.9 Å². The molecule has 0 radical (unpaired) electrons. The molecule has 0 saturated carbocycles. The smallest absolute Gasteiger partial charge is 0.283 e. The molecule has 1 amide bonds. The van der Waals surface area contributed by atoms with Crippen LogP contribution in [0.5, 0.6) is 5.75 Å². The summed E-state index contributed by atoms with van der Waals surface area (Å²) >= 11 is 0. The van der Waals surface area contributed by atoms with Crippen molar-refractivity contribution in [2.75, 3.05) is 12.3 Å². The van der Waals surface area contributed by atoms with Gasteiger partial charge in [-0.1, -0.05) is 13.8 Å². The van der Waals surface area contributed by atoms with Crippen LogP contribution < -0.4 is 21.7 Å². The van der Waals surface area contributed by atoms with E-state index >= 15 is 0 Å². The SMILES string of the molecule is CC(C)COc1ccc(-c2cc(C(=O)NN)nc(N)n2)cc1. The van der Waals surface area contributed by atoms with E-state index in [2.05, 4.69) is 23.8 Å².